The van der Waals surface area contributed by atoms with Crippen LogP contribution in [0.5, 0.6) is 0 Å². The molecular weight excluding hydrogens is 935 g/mol. The second-order valence-electron chi connectivity index (χ2n) is 13.9. The fraction of sp³-hybridized carbons (Fsp3) is 0.341. The number of rotatable bonds is 15. The van der Waals surface area contributed by atoms with Gasteiger partial charge in [-0.3, -0.25) is 4.79 Å². The van der Waals surface area contributed by atoms with Crippen molar-refractivity contribution in [3.63, 3.8) is 0 Å². The molecule has 0 radical (unpaired) electrons. The van der Waals surface area contributed by atoms with Crippen LogP contribution in [0, 0.1) is 0 Å². The van der Waals surface area contributed by atoms with Crippen LogP contribution in [0.15, 0.2) is 97.1 Å². The van der Waals surface area contributed by atoms with Crippen molar-refractivity contribution in [1.29, 1.82) is 0 Å². The molecule has 4 aromatic carbocycles. The normalized spacial score (nSPS) is 22.5. The molecule has 0 amide bonds. The minimum Gasteiger partial charge on any atom is -0.461 e. The summed E-state index contributed by atoms with van der Waals surface area (Å²) in [6.07, 6.45) is -5.71. The Bertz CT molecular complexity index is 2160. The summed E-state index contributed by atoms with van der Waals surface area (Å²) in [5.74, 6) is -3.44. The van der Waals surface area contributed by atoms with Crippen LogP contribution < -0.4 is 0 Å². The Morgan fingerprint density at radius 3 is 1.16 bits per heavy atom. The van der Waals surface area contributed by atoms with E-state index in [1.807, 2.05) is 0 Å². The molecule has 4 N–H and O–H groups in total. The number of aliphatic hydroxyl groups is 4. The highest BCUT2D eigenvalue weighted by atomic mass is 79.9. The monoisotopic (exact) mass is 976 g/mol. The first-order valence-electron chi connectivity index (χ1n) is 19.2. The molecule has 4 aromatic rings. The number of carbonyl (C=O) groups is 5. The first-order chi connectivity index (χ1) is 30.2. The fourth-order valence-electron chi connectivity index (χ4n) is 6.02. The summed E-state index contributed by atoms with van der Waals surface area (Å²) < 4.78 is 55.4. The molecule has 63 heavy (non-hydrogen) atoms. The minimum absolute atomic E-state index is 0.130. The third-order valence-electron chi connectivity index (χ3n) is 9.50. The van der Waals surface area contributed by atoms with Gasteiger partial charge in [0.15, 0.2) is 30.0 Å². The topological polar surface area (TPSA) is 212 Å². The van der Waals surface area contributed by atoms with E-state index in [0.29, 0.717) is 27.8 Å². The van der Waals surface area contributed by atoms with Crippen molar-refractivity contribution >= 4 is 69.3 Å². The first-order valence-corrected chi connectivity index (χ1v) is 22.0. The van der Waals surface area contributed by atoms with Crippen LogP contribution in [-0.2, 0) is 54.9 Å². The molecule has 336 valence electrons. The zero-order valence-electron chi connectivity index (χ0n) is 33.4. The van der Waals surface area contributed by atoms with Crippen molar-refractivity contribution in [3.8, 4) is 0 Å². The Labute approximate surface area is 377 Å². The van der Waals surface area contributed by atoms with Crippen LogP contribution in [0.25, 0.3) is 0 Å². The Morgan fingerprint density at radius 2 is 0.825 bits per heavy atom. The molecule has 0 saturated carbocycles. The highest BCUT2D eigenvalue weighted by Gasteiger charge is 2.50. The molecule has 0 spiro atoms. The number of halogens is 3. The fourth-order valence-corrected chi connectivity index (χ4v) is 9.64. The summed E-state index contributed by atoms with van der Waals surface area (Å²) >= 11 is 5.31. The summed E-state index contributed by atoms with van der Waals surface area (Å²) in [5, 5.41) is 35.0. The lowest BCUT2D eigenvalue weighted by Crippen LogP contribution is -2.37. The molecule has 2 saturated heterocycles. The van der Waals surface area contributed by atoms with Crippen LogP contribution in [0.2, 0.25) is 0 Å². The van der Waals surface area contributed by atoms with Gasteiger partial charge >= 0.3 is 29.8 Å². The lowest BCUT2D eigenvalue weighted by Gasteiger charge is -2.20. The van der Waals surface area contributed by atoms with Gasteiger partial charge in [0, 0.05) is 6.92 Å². The average molecular weight is 978 g/mol. The summed E-state index contributed by atoms with van der Waals surface area (Å²) in [7, 11) is 0. The number of hydrogen-bond acceptors (Lipinski definition) is 16. The Hall–Kier alpha value is -4.89. The number of carbonyl (C=O) groups excluding carboxylic acids is 5. The van der Waals surface area contributed by atoms with Crippen molar-refractivity contribution < 1.29 is 76.9 Å². The maximum absolute atomic E-state index is 15.0. The van der Waals surface area contributed by atoms with Gasteiger partial charge in [0.2, 0.25) is 0 Å². The second-order valence-corrected chi connectivity index (χ2v) is 18.2. The van der Waals surface area contributed by atoms with Crippen molar-refractivity contribution in [2.24, 2.45) is 0 Å². The molecule has 6 rings (SSSR count). The van der Waals surface area contributed by atoms with Gasteiger partial charge < -0.3 is 44.1 Å². The molecule has 19 heteroatoms. The van der Waals surface area contributed by atoms with Crippen LogP contribution in [0.1, 0.15) is 70.6 Å². The van der Waals surface area contributed by atoms with Crippen LogP contribution in [-0.4, -0.2) is 108 Å². The molecule has 2 aliphatic heterocycles. The quantitative estimate of drug-likeness (QED) is 0.0647. The number of esters is 5. The van der Waals surface area contributed by atoms with E-state index in [1.54, 1.807) is 36.4 Å². The number of alkyl halides is 3. The summed E-state index contributed by atoms with van der Waals surface area (Å²) in [4.78, 5) is 60.9. The Morgan fingerprint density at radius 1 is 0.508 bits per heavy atom. The van der Waals surface area contributed by atoms with E-state index in [0.717, 1.165) is 18.7 Å². The second kappa shape index (κ2) is 23.7. The van der Waals surface area contributed by atoms with E-state index in [2.05, 4.69) is 15.9 Å². The highest BCUT2D eigenvalue weighted by molar-refractivity contribution is 9.11. The molecule has 2 aliphatic rings. The number of thioether (sulfide) groups is 2. The van der Waals surface area contributed by atoms with Gasteiger partial charge in [0.1, 0.15) is 13.2 Å². The van der Waals surface area contributed by atoms with Crippen molar-refractivity contribution in [2.45, 2.75) is 78.0 Å². The van der Waals surface area contributed by atoms with E-state index in [9.17, 15) is 28.4 Å². The van der Waals surface area contributed by atoms with Gasteiger partial charge in [0.05, 0.1) is 63.3 Å². The lowest BCUT2D eigenvalue weighted by molar-refractivity contribution is -0.145. The standard InChI is InChI=1S/C23H23FO8S.C21H20BrFO6S/c1-13(27)31-23-19(24)20(32-22(29)17-8-4-15(11-26)5-9-17)18(33-23)12-30-21(28)16-6-2-14(10-25)3-7-16;22-19-17(23)18(29-21(27)15-7-3-13(10-25)4-8-15)16(30-19)11-28-20(26)14-5-1-12(9-24)2-6-14/h2-9,18-20,23,25-26H,10-12H2,1H3;1-8,16-19,24-25H,9-11H2/t18-,19+,20-,23-;16-,17+,18-,19+/m11/s1. The predicted octanol–water partition coefficient (Wildman–Crippen LogP) is 5.62. The third kappa shape index (κ3) is 13.6. The van der Waals surface area contributed by atoms with Gasteiger partial charge in [-0.2, -0.15) is 0 Å². The minimum atomic E-state index is -1.83. The molecule has 0 aromatic heterocycles. The largest absolute Gasteiger partial charge is 0.461 e. The summed E-state index contributed by atoms with van der Waals surface area (Å²) in [6.45, 7) is 0.0813. The molecular formula is C44H43BrF2O14S2. The molecule has 0 aliphatic carbocycles. The smallest absolute Gasteiger partial charge is 0.338 e. The molecule has 2 heterocycles. The van der Waals surface area contributed by atoms with E-state index in [-0.39, 0.29) is 56.3 Å². The molecule has 8 atom stereocenters. The summed E-state index contributed by atoms with van der Waals surface area (Å²) in [5.41, 5.74) is 2.25. The Balaban J connectivity index is 0.000000239. The average Bonchev–Trinajstić information content (AvgIpc) is 3.74. The number of hydrogen-bond donors (Lipinski definition) is 4. The predicted molar refractivity (Wildman–Crippen MR) is 229 cm³/mol. The summed E-state index contributed by atoms with van der Waals surface area (Å²) in [6, 6.07) is 24.5. The van der Waals surface area contributed by atoms with Crippen LogP contribution in [0.4, 0.5) is 8.78 Å². The maximum atomic E-state index is 15.0. The van der Waals surface area contributed by atoms with Crippen LogP contribution in [0.3, 0.4) is 0 Å². The van der Waals surface area contributed by atoms with Gasteiger partial charge in [-0.1, -0.05) is 64.5 Å². The SMILES string of the molecule is CC(=O)O[C@@H]1S[C@H](COC(=O)c2ccc(CO)cc2)[C@@H](OC(=O)c2ccc(CO)cc2)[C@@H]1F.O=C(OC[C@H]1S[C@H](Br)[C@@H](F)[C@@H]1OC(=O)c1ccc(CO)cc1)c1ccc(CO)cc1. The Kier molecular flexibility index (Phi) is 18.5. The van der Waals surface area contributed by atoms with E-state index in [4.69, 9.17) is 44.1 Å². The molecule has 2 fully saturated rings. The number of benzene rings is 4. The van der Waals surface area contributed by atoms with Gasteiger partial charge in [-0.05, 0) is 70.8 Å². The van der Waals surface area contributed by atoms with Crippen molar-refractivity contribution in [3.05, 3.63) is 142 Å². The molecule has 0 unspecified atom stereocenters. The van der Waals surface area contributed by atoms with Gasteiger partial charge in [0.25, 0.3) is 0 Å². The van der Waals surface area contributed by atoms with Crippen LogP contribution >= 0.6 is 39.5 Å². The van der Waals surface area contributed by atoms with E-state index >= 15 is 4.39 Å². The maximum Gasteiger partial charge on any atom is 0.338 e. The zero-order valence-corrected chi connectivity index (χ0v) is 36.6. The van der Waals surface area contributed by atoms with Gasteiger partial charge in [-0.25, -0.2) is 28.0 Å². The number of aliphatic hydroxyl groups excluding tert-OH is 4. The highest BCUT2D eigenvalue weighted by Crippen LogP contribution is 2.42. The molecule has 0 bridgehead atoms. The first kappa shape index (κ1) is 49.1. The number of ether oxygens (including phenoxy) is 5. The third-order valence-corrected chi connectivity index (χ3v) is 13.3. The lowest BCUT2D eigenvalue weighted by atomic mass is 10.1. The van der Waals surface area contributed by atoms with E-state index < -0.39 is 74.5 Å². The van der Waals surface area contributed by atoms with Crippen molar-refractivity contribution in [1.82, 2.24) is 0 Å². The molecule has 14 nitrogen and oxygen atoms in total. The zero-order chi connectivity index (χ0) is 45.6. The van der Waals surface area contributed by atoms with Gasteiger partial charge in [-0.15, -0.1) is 23.5 Å². The van der Waals surface area contributed by atoms with Crippen molar-refractivity contribution in [2.75, 3.05) is 13.2 Å². The van der Waals surface area contributed by atoms with E-state index in [1.165, 1.54) is 72.4 Å².